The van der Waals surface area contributed by atoms with Crippen LogP contribution in [0.1, 0.15) is 27.6 Å². The predicted molar refractivity (Wildman–Crippen MR) is 106 cm³/mol. The highest BCUT2D eigenvalue weighted by molar-refractivity contribution is 5.98. The van der Waals surface area contributed by atoms with E-state index in [2.05, 4.69) is 10.6 Å². The van der Waals surface area contributed by atoms with Gasteiger partial charge in [-0.2, -0.15) is 0 Å². The summed E-state index contributed by atoms with van der Waals surface area (Å²) in [5.41, 5.74) is 9.26. The van der Waals surface area contributed by atoms with Crippen LogP contribution >= 0.6 is 0 Å². The first-order chi connectivity index (χ1) is 13.9. The number of benzene rings is 2. The zero-order chi connectivity index (χ0) is 21.4. The van der Waals surface area contributed by atoms with Gasteiger partial charge in [0.25, 0.3) is 17.7 Å². The van der Waals surface area contributed by atoms with Gasteiger partial charge in [-0.3, -0.25) is 19.6 Å². The molecular formula is C20H24N4O5. The summed E-state index contributed by atoms with van der Waals surface area (Å²) in [7, 11) is 0. The van der Waals surface area contributed by atoms with E-state index < -0.39 is 24.0 Å². The molecule has 0 saturated heterocycles. The third-order valence-electron chi connectivity index (χ3n) is 4.22. The second-order valence-corrected chi connectivity index (χ2v) is 6.37. The number of rotatable bonds is 8. The van der Waals surface area contributed by atoms with Gasteiger partial charge in [-0.25, -0.2) is 5.48 Å². The number of hydroxylamine groups is 1. The zero-order valence-electron chi connectivity index (χ0n) is 15.9. The Bertz CT molecular complexity index is 850. The SMILES string of the molecule is C[C@@H](O)C(NC(=O)c1ccc(-c2ccc(C(=O)NCCN)cc2)cc1)C(=O)NO. The van der Waals surface area contributed by atoms with Crippen molar-refractivity contribution >= 4 is 17.7 Å². The largest absolute Gasteiger partial charge is 0.391 e. The second kappa shape index (κ2) is 10.3. The summed E-state index contributed by atoms with van der Waals surface area (Å²) >= 11 is 0. The van der Waals surface area contributed by atoms with Crippen LogP contribution < -0.4 is 21.8 Å². The van der Waals surface area contributed by atoms with Crippen LogP contribution in [0.2, 0.25) is 0 Å². The third kappa shape index (κ3) is 5.85. The standard InChI is InChI=1S/C20H24N4O5/c1-12(25)17(20(28)24-29)23-19(27)16-8-4-14(5-9-16)13-2-6-15(7-3-13)18(26)22-11-10-21/h2-9,12,17,25,29H,10-11,21H2,1H3,(H,22,26)(H,23,27)(H,24,28)/t12-,17?/m1/s1. The first-order valence-corrected chi connectivity index (χ1v) is 8.99. The summed E-state index contributed by atoms with van der Waals surface area (Å²) in [5.74, 6) is -1.69. The van der Waals surface area contributed by atoms with Gasteiger partial charge in [0.2, 0.25) is 0 Å². The molecule has 7 N–H and O–H groups in total. The molecule has 9 nitrogen and oxygen atoms in total. The minimum absolute atomic E-state index is 0.200. The van der Waals surface area contributed by atoms with E-state index in [0.717, 1.165) is 11.1 Å². The topological polar surface area (TPSA) is 154 Å². The molecule has 0 heterocycles. The van der Waals surface area contributed by atoms with Crippen molar-refractivity contribution in [2.45, 2.75) is 19.1 Å². The Kier molecular flexibility index (Phi) is 7.84. The molecule has 29 heavy (non-hydrogen) atoms. The van der Waals surface area contributed by atoms with Crippen LogP contribution in [0.5, 0.6) is 0 Å². The predicted octanol–water partition coefficient (Wildman–Crippen LogP) is 0.0267. The maximum Gasteiger partial charge on any atom is 0.268 e. The van der Waals surface area contributed by atoms with Gasteiger partial charge in [0.1, 0.15) is 6.04 Å². The lowest BCUT2D eigenvalue weighted by Gasteiger charge is -2.19. The number of carbonyl (C=O) groups excluding carboxylic acids is 3. The van der Waals surface area contributed by atoms with Gasteiger partial charge in [-0.15, -0.1) is 0 Å². The fourth-order valence-corrected chi connectivity index (χ4v) is 2.62. The van der Waals surface area contributed by atoms with Crippen LogP contribution in [0, 0.1) is 0 Å². The number of amides is 3. The minimum atomic E-state index is -1.29. The fourth-order valence-electron chi connectivity index (χ4n) is 2.62. The molecule has 0 aliphatic heterocycles. The van der Waals surface area contributed by atoms with Crippen LogP contribution in [0.25, 0.3) is 11.1 Å². The van der Waals surface area contributed by atoms with E-state index in [0.29, 0.717) is 18.7 Å². The summed E-state index contributed by atoms with van der Waals surface area (Å²) in [5, 5.41) is 23.4. The van der Waals surface area contributed by atoms with Crippen molar-refractivity contribution in [3.05, 3.63) is 59.7 Å². The Morgan fingerprint density at radius 3 is 1.83 bits per heavy atom. The molecule has 2 rings (SSSR count). The molecule has 2 aromatic carbocycles. The van der Waals surface area contributed by atoms with Gasteiger partial charge < -0.3 is 21.5 Å². The normalized spacial score (nSPS) is 12.6. The molecule has 2 atom stereocenters. The fraction of sp³-hybridized carbons (Fsp3) is 0.250. The smallest absolute Gasteiger partial charge is 0.268 e. The number of hydrogen-bond donors (Lipinski definition) is 6. The third-order valence-corrected chi connectivity index (χ3v) is 4.22. The van der Waals surface area contributed by atoms with E-state index >= 15 is 0 Å². The summed E-state index contributed by atoms with van der Waals surface area (Å²) in [6.45, 7) is 2.09. The van der Waals surface area contributed by atoms with Crippen molar-refractivity contribution in [1.29, 1.82) is 0 Å². The molecule has 154 valence electrons. The van der Waals surface area contributed by atoms with Crippen LogP contribution in [0.3, 0.4) is 0 Å². The second-order valence-electron chi connectivity index (χ2n) is 6.37. The average Bonchev–Trinajstić information content (AvgIpc) is 2.75. The van der Waals surface area contributed by atoms with Crippen molar-refractivity contribution in [3.63, 3.8) is 0 Å². The maximum atomic E-state index is 12.3. The Balaban J connectivity index is 2.08. The lowest BCUT2D eigenvalue weighted by molar-refractivity contribution is -0.133. The quantitative estimate of drug-likeness (QED) is 0.271. The van der Waals surface area contributed by atoms with Gasteiger partial charge in [0.15, 0.2) is 0 Å². The monoisotopic (exact) mass is 400 g/mol. The summed E-state index contributed by atoms with van der Waals surface area (Å²) < 4.78 is 0. The molecular weight excluding hydrogens is 376 g/mol. The first-order valence-electron chi connectivity index (χ1n) is 8.99. The molecule has 1 unspecified atom stereocenters. The molecule has 2 aromatic rings. The molecule has 0 radical (unpaired) electrons. The molecule has 9 heteroatoms. The summed E-state index contributed by atoms with van der Waals surface area (Å²) in [6.07, 6.45) is -1.19. The Morgan fingerprint density at radius 2 is 1.41 bits per heavy atom. The molecule has 0 bridgehead atoms. The molecule has 0 fully saturated rings. The molecule has 0 spiro atoms. The van der Waals surface area contributed by atoms with E-state index in [1.54, 1.807) is 48.5 Å². The minimum Gasteiger partial charge on any atom is -0.391 e. The molecule has 0 aromatic heterocycles. The highest BCUT2D eigenvalue weighted by Gasteiger charge is 2.25. The van der Waals surface area contributed by atoms with Crippen LogP contribution in [0.4, 0.5) is 0 Å². The van der Waals surface area contributed by atoms with Crippen molar-refractivity contribution in [1.82, 2.24) is 16.1 Å². The maximum absolute atomic E-state index is 12.3. The Hall–Kier alpha value is -3.27. The van der Waals surface area contributed by atoms with Gasteiger partial charge in [-0.1, -0.05) is 24.3 Å². The van der Waals surface area contributed by atoms with Crippen LogP contribution in [-0.4, -0.2) is 53.3 Å². The number of aliphatic hydroxyl groups excluding tert-OH is 1. The first kappa shape index (κ1) is 22.0. The number of aliphatic hydroxyl groups is 1. The highest BCUT2D eigenvalue weighted by Crippen LogP contribution is 2.20. The van der Waals surface area contributed by atoms with E-state index in [1.807, 2.05) is 0 Å². The number of nitrogens with one attached hydrogen (secondary N) is 3. The van der Waals surface area contributed by atoms with E-state index in [1.165, 1.54) is 12.4 Å². The number of carbonyl (C=O) groups is 3. The van der Waals surface area contributed by atoms with Gasteiger partial charge in [0.05, 0.1) is 6.10 Å². The van der Waals surface area contributed by atoms with Gasteiger partial charge in [0, 0.05) is 24.2 Å². The van der Waals surface area contributed by atoms with Gasteiger partial charge >= 0.3 is 0 Å². The van der Waals surface area contributed by atoms with Gasteiger partial charge in [-0.05, 0) is 42.3 Å². The molecule has 0 saturated carbocycles. The lowest BCUT2D eigenvalue weighted by atomic mass is 10.0. The molecule has 0 aliphatic carbocycles. The summed E-state index contributed by atoms with van der Waals surface area (Å²) in [4.78, 5) is 35.7. The number of hydrogen-bond acceptors (Lipinski definition) is 6. The van der Waals surface area contributed by atoms with E-state index in [4.69, 9.17) is 10.9 Å². The zero-order valence-corrected chi connectivity index (χ0v) is 15.9. The number of nitrogens with two attached hydrogens (primary N) is 1. The highest BCUT2D eigenvalue weighted by atomic mass is 16.5. The Labute approximate surface area is 167 Å². The van der Waals surface area contributed by atoms with Crippen molar-refractivity contribution < 1.29 is 24.7 Å². The lowest BCUT2D eigenvalue weighted by Crippen LogP contribution is -2.51. The van der Waals surface area contributed by atoms with Crippen LogP contribution in [0.15, 0.2) is 48.5 Å². The summed E-state index contributed by atoms with van der Waals surface area (Å²) in [6, 6.07) is 12.3. The van der Waals surface area contributed by atoms with Crippen molar-refractivity contribution in [3.8, 4) is 11.1 Å². The van der Waals surface area contributed by atoms with E-state index in [-0.39, 0.29) is 11.5 Å². The average molecular weight is 400 g/mol. The molecule has 3 amide bonds. The Morgan fingerprint density at radius 1 is 0.931 bits per heavy atom. The van der Waals surface area contributed by atoms with Crippen LogP contribution in [-0.2, 0) is 4.79 Å². The van der Waals surface area contributed by atoms with Crippen molar-refractivity contribution in [2.24, 2.45) is 5.73 Å². The van der Waals surface area contributed by atoms with Crippen molar-refractivity contribution in [2.75, 3.05) is 13.1 Å². The molecule has 0 aliphatic rings. The van der Waals surface area contributed by atoms with E-state index in [9.17, 15) is 19.5 Å².